The van der Waals surface area contributed by atoms with E-state index in [2.05, 4.69) is 15.2 Å². The number of H-pyrrole nitrogens is 1. The van der Waals surface area contributed by atoms with Crippen LogP contribution in [0.4, 0.5) is 4.39 Å². The molecule has 0 aliphatic heterocycles. The average Bonchev–Trinajstić information content (AvgIpc) is 2.89. The standard InChI is InChI=1S/C13H14FN3O2/c1-2-3-8-19-13(18)12-15-11(16-17-12)9-6-4-5-7-10(9)14/h4-7H,2-3,8H2,1H3,(H,15,16,17). The second-order valence-corrected chi connectivity index (χ2v) is 3.99. The number of ether oxygens (including phenoxy) is 1. The number of rotatable bonds is 5. The summed E-state index contributed by atoms with van der Waals surface area (Å²) in [6, 6.07) is 6.13. The summed E-state index contributed by atoms with van der Waals surface area (Å²) in [6.07, 6.45) is 1.73. The van der Waals surface area contributed by atoms with Crippen molar-refractivity contribution in [3.63, 3.8) is 0 Å². The van der Waals surface area contributed by atoms with E-state index in [1.165, 1.54) is 6.07 Å². The van der Waals surface area contributed by atoms with Crippen molar-refractivity contribution in [3.05, 3.63) is 35.9 Å². The molecule has 0 unspecified atom stereocenters. The van der Waals surface area contributed by atoms with Crippen LogP contribution < -0.4 is 0 Å². The van der Waals surface area contributed by atoms with Crippen LogP contribution >= 0.6 is 0 Å². The number of hydrogen-bond acceptors (Lipinski definition) is 4. The molecular weight excluding hydrogens is 249 g/mol. The van der Waals surface area contributed by atoms with Crippen LogP contribution in [-0.4, -0.2) is 27.8 Å². The topological polar surface area (TPSA) is 67.9 Å². The second kappa shape index (κ2) is 6.08. The van der Waals surface area contributed by atoms with Crippen LogP contribution in [0.1, 0.15) is 30.4 Å². The summed E-state index contributed by atoms with van der Waals surface area (Å²) in [5.41, 5.74) is 0.266. The summed E-state index contributed by atoms with van der Waals surface area (Å²) in [6.45, 7) is 2.34. The fourth-order valence-corrected chi connectivity index (χ4v) is 1.51. The molecule has 0 saturated carbocycles. The molecule has 1 aromatic carbocycles. The van der Waals surface area contributed by atoms with E-state index in [0.717, 1.165) is 12.8 Å². The lowest BCUT2D eigenvalue weighted by molar-refractivity contribution is 0.0486. The van der Waals surface area contributed by atoms with Crippen LogP contribution in [0.15, 0.2) is 24.3 Å². The highest BCUT2D eigenvalue weighted by molar-refractivity contribution is 5.85. The van der Waals surface area contributed by atoms with Gasteiger partial charge >= 0.3 is 5.97 Å². The molecule has 0 aliphatic rings. The number of unbranched alkanes of at least 4 members (excludes halogenated alkanes) is 1. The lowest BCUT2D eigenvalue weighted by Gasteiger charge is -2.00. The molecule has 0 aliphatic carbocycles. The maximum Gasteiger partial charge on any atom is 0.376 e. The molecule has 1 aromatic heterocycles. The zero-order chi connectivity index (χ0) is 13.7. The largest absolute Gasteiger partial charge is 0.460 e. The molecule has 100 valence electrons. The zero-order valence-electron chi connectivity index (χ0n) is 10.5. The van der Waals surface area contributed by atoms with Crippen LogP contribution in [0.25, 0.3) is 11.4 Å². The molecule has 19 heavy (non-hydrogen) atoms. The van der Waals surface area contributed by atoms with Gasteiger partial charge in [-0.25, -0.2) is 9.18 Å². The summed E-state index contributed by atoms with van der Waals surface area (Å²) < 4.78 is 18.5. The number of nitrogens with one attached hydrogen (secondary N) is 1. The van der Waals surface area contributed by atoms with Gasteiger partial charge in [-0.05, 0) is 18.6 Å². The van der Waals surface area contributed by atoms with Crippen molar-refractivity contribution in [1.82, 2.24) is 15.2 Å². The third kappa shape index (κ3) is 3.15. The average molecular weight is 263 g/mol. The second-order valence-electron chi connectivity index (χ2n) is 3.99. The van der Waals surface area contributed by atoms with Crippen LogP contribution in [0.2, 0.25) is 0 Å². The van der Waals surface area contributed by atoms with E-state index in [-0.39, 0.29) is 17.2 Å². The smallest absolute Gasteiger partial charge is 0.376 e. The zero-order valence-corrected chi connectivity index (χ0v) is 10.5. The first-order valence-electron chi connectivity index (χ1n) is 6.07. The number of halogens is 1. The number of benzene rings is 1. The van der Waals surface area contributed by atoms with Gasteiger partial charge in [-0.1, -0.05) is 25.5 Å². The summed E-state index contributed by atoms with van der Waals surface area (Å²) in [4.78, 5) is 14.3. The Bertz CT molecular complexity index is 569. The molecule has 0 saturated heterocycles. The third-order valence-electron chi connectivity index (χ3n) is 2.54. The van der Waals surface area contributed by atoms with E-state index in [4.69, 9.17) is 4.74 Å². The Morgan fingerprint density at radius 1 is 1.37 bits per heavy atom. The van der Waals surface area contributed by atoms with Crippen molar-refractivity contribution in [2.45, 2.75) is 19.8 Å². The van der Waals surface area contributed by atoms with Gasteiger partial charge in [0.15, 0.2) is 5.82 Å². The Balaban J connectivity index is 2.11. The Labute approximate surface area is 109 Å². The predicted molar refractivity (Wildman–Crippen MR) is 67.0 cm³/mol. The quantitative estimate of drug-likeness (QED) is 0.665. The van der Waals surface area contributed by atoms with E-state index in [1.54, 1.807) is 18.2 Å². The number of hydrogen-bond donors (Lipinski definition) is 1. The van der Waals surface area contributed by atoms with Crippen LogP contribution in [0.5, 0.6) is 0 Å². The molecular formula is C13H14FN3O2. The van der Waals surface area contributed by atoms with Gasteiger partial charge < -0.3 is 9.72 Å². The maximum absolute atomic E-state index is 13.5. The molecule has 0 radical (unpaired) electrons. The molecule has 0 bridgehead atoms. The molecule has 0 atom stereocenters. The van der Waals surface area contributed by atoms with Gasteiger partial charge in [0.2, 0.25) is 5.82 Å². The predicted octanol–water partition coefficient (Wildman–Crippen LogP) is 2.57. The highest BCUT2D eigenvalue weighted by Gasteiger charge is 2.15. The van der Waals surface area contributed by atoms with Crippen molar-refractivity contribution >= 4 is 5.97 Å². The molecule has 6 heteroatoms. The normalized spacial score (nSPS) is 10.4. The molecule has 0 fully saturated rings. The summed E-state index contributed by atoms with van der Waals surface area (Å²) >= 11 is 0. The van der Waals surface area contributed by atoms with Crippen LogP contribution in [0, 0.1) is 5.82 Å². The van der Waals surface area contributed by atoms with Crippen LogP contribution in [-0.2, 0) is 4.74 Å². The van der Waals surface area contributed by atoms with E-state index in [1.807, 2.05) is 6.92 Å². The minimum atomic E-state index is -0.580. The van der Waals surface area contributed by atoms with Gasteiger partial charge in [-0.3, -0.25) is 0 Å². The highest BCUT2D eigenvalue weighted by atomic mass is 19.1. The summed E-state index contributed by atoms with van der Waals surface area (Å²) in [5, 5.41) is 7.42. The third-order valence-corrected chi connectivity index (χ3v) is 2.54. The number of carbonyl (C=O) groups is 1. The SMILES string of the molecule is CCCCOC(=O)c1nnc(-c2ccccc2F)[nH]1. The number of nitrogens with zero attached hydrogens (tertiary/aromatic N) is 2. The van der Waals surface area contributed by atoms with Gasteiger partial charge in [-0.15, -0.1) is 10.2 Å². The minimum Gasteiger partial charge on any atom is -0.460 e. The molecule has 0 amide bonds. The monoisotopic (exact) mass is 263 g/mol. The number of aromatic nitrogens is 3. The Morgan fingerprint density at radius 3 is 2.89 bits per heavy atom. The first kappa shape index (κ1) is 13.2. The Kier molecular flexibility index (Phi) is 4.22. The van der Waals surface area contributed by atoms with Gasteiger partial charge in [0.25, 0.3) is 0 Å². The molecule has 2 aromatic rings. The first-order chi connectivity index (χ1) is 9.22. The first-order valence-corrected chi connectivity index (χ1v) is 6.07. The fraction of sp³-hybridized carbons (Fsp3) is 0.308. The minimum absolute atomic E-state index is 0.0191. The lowest BCUT2D eigenvalue weighted by Crippen LogP contribution is -2.08. The Hall–Kier alpha value is -2.24. The van der Waals surface area contributed by atoms with Crippen molar-refractivity contribution in [2.24, 2.45) is 0 Å². The summed E-state index contributed by atoms with van der Waals surface area (Å²) in [5.74, 6) is -0.817. The molecule has 1 N–H and O–H groups in total. The molecule has 2 rings (SSSR count). The van der Waals surface area contributed by atoms with Crippen molar-refractivity contribution in [3.8, 4) is 11.4 Å². The molecule has 0 spiro atoms. The number of aromatic amines is 1. The number of esters is 1. The van der Waals surface area contributed by atoms with Crippen molar-refractivity contribution in [1.29, 1.82) is 0 Å². The molecule has 1 heterocycles. The highest BCUT2D eigenvalue weighted by Crippen LogP contribution is 2.18. The number of carbonyl (C=O) groups excluding carboxylic acids is 1. The summed E-state index contributed by atoms with van der Waals surface area (Å²) in [7, 11) is 0. The van der Waals surface area contributed by atoms with E-state index in [0.29, 0.717) is 6.61 Å². The van der Waals surface area contributed by atoms with E-state index in [9.17, 15) is 9.18 Å². The fourth-order valence-electron chi connectivity index (χ4n) is 1.51. The van der Waals surface area contributed by atoms with E-state index >= 15 is 0 Å². The van der Waals surface area contributed by atoms with Crippen LogP contribution in [0.3, 0.4) is 0 Å². The van der Waals surface area contributed by atoms with Gasteiger partial charge in [0, 0.05) is 0 Å². The van der Waals surface area contributed by atoms with Gasteiger partial charge in [-0.2, -0.15) is 0 Å². The lowest BCUT2D eigenvalue weighted by atomic mass is 10.2. The maximum atomic E-state index is 13.5. The van der Waals surface area contributed by atoms with Gasteiger partial charge in [0.1, 0.15) is 5.82 Å². The van der Waals surface area contributed by atoms with Crippen molar-refractivity contribution in [2.75, 3.05) is 6.61 Å². The van der Waals surface area contributed by atoms with E-state index < -0.39 is 11.8 Å². The Morgan fingerprint density at radius 2 is 2.16 bits per heavy atom. The van der Waals surface area contributed by atoms with Gasteiger partial charge in [0.05, 0.1) is 12.2 Å². The van der Waals surface area contributed by atoms with Crippen molar-refractivity contribution < 1.29 is 13.9 Å². The molecule has 5 nitrogen and oxygen atoms in total.